The van der Waals surface area contributed by atoms with E-state index in [1.807, 2.05) is 26.0 Å². The van der Waals surface area contributed by atoms with E-state index >= 15 is 0 Å². The molecule has 1 aliphatic heterocycles. The minimum Gasteiger partial charge on any atom is -0.490 e. The second-order valence-electron chi connectivity index (χ2n) is 11.4. The molecule has 46 heavy (non-hydrogen) atoms. The summed E-state index contributed by atoms with van der Waals surface area (Å²) in [5, 5.41) is 9.30. The number of carbonyl (C=O) groups excluding carboxylic acids is 3. The van der Waals surface area contributed by atoms with Crippen molar-refractivity contribution in [2.75, 3.05) is 30.8 Å². The summed E-state index contributed by atoms with van der Waals surface area (Å²) in [5.41, 5.74) is 3.79. The zero-order chi connectivity index (χ0) is 33.1. The van der Waals surface area contributed by atoms with Gasteiger partial charge in [-0.2, -0.15) is 0 Å². The third-order valence-electron chi connectivity index (χ3n) is 7.75. The number of carbonyl (C=O) groups is 3. The highest BCUT2D eigenvalue weighted by molar-refractivity contribution is 7.17. The third kappa shape index (κ3) is 10.2. The Kier molecular flexibility index (Phi) is 12.8. The van der Waals surface area contributed by atoms with E-state index < -0.39 is 5.91 Å². The van der Waals surface area contributed by atoms with Crippen molar-refractivity contribution in [2.24, 2.45) is 0 Å². The number of aromatic nitrogens is 1. The molecule has 2 heterocycles. The molecule has 2 aromatic carbocycles. The molecule has 1 fully saturated rings. The molecule has 0 unspecified atom stereocenters. The third-order valence-corrected chi connectivity index (χ3v) is 8.54. The molecular weight excluding hydrogens is 608 g/mol. The maximum Gasteiger partial charge on any atom is 0.319 e. The van der Waals surface area contributed by atoms with E-state index in [2.05, 4.69) is 45.2 Å². The predicted octanol–water partition coefficient (Wildman–Crippen LogP) is 5.97. The number of rotatable bonds is 14. The maximum atomic E-state index is 12.9. The van der Waals surface area contributed by atoms with E-state index in [0.717, 1.165) is 55.9 Å². The fourth-order valence-electron chi connectivity index (χ4n) is 5.09. The number of nitrogens with one attached hydrogen (secondary N) is 4. The summed E-state index contributed by atoms with van der Waals surface area (Å²) in [6.07, 6.45) is 5.19. The zero-order valence-corrected chi connectivity index (χ0v) is 27.9. The Morgan fingerprint density at radius 2 is 1.74 bits per heavy atom. The van der Waals surface area contributed by atoms with Crippen LogP contribution in [0.2, 0.25) is 0 Å². The first-order chi connectivity index (χ1) is 22.2. The molecule has 3 aromatic rings. The van der Waals surface area contributed by atoms with Gasteiger partial charge in [0.05, 0.1) is 19.7 Å². The van der Waals surface area contributed by atoms with Crippen LogP contribution in [0.25, 0.3) is 0 Å². The lowest BCUT2D eigenvalue weighted by Gasteiger charge is -2.34. The van der Waals surface area contributed by atoms with E-state index in [1.54, 1.807) is 30.3 Å². The van der Waals surface area contributed by atoms with Gasteiger partial charge in [0.15, 0.2) is 5.13 Å². The summed E-state index contributed by atoms with van der Waals surface area (Å²) in [5.74, 6) is 0.435. The van der Waals surface area contributed by atoms with Gasteiger partial charge in [-0.05, 0) is 82.0 Å². The smallest absolute Gasteiger partial charge is 0.319 e. The first kappa shape index (κ1) is 34.7. The lowest BCUT2D eigenvalue weighted by atomic mass is 10.1. The van der Waals surface area contributed by atoms with Gasteiger partial charge in [0.1, 0.15) is 17.6 Å². The number of thiazole rings is 1. The number of hydroxylamine groups is 1. The Labute approximate surface area is 274 Å². The van der Waals surface area contributed by atoms with E-state index in [0.29, 0.717) is 38.8 Å². The number of hydrogen-bond donors (Lipinski definition) is 4. The van der Waals surface area contributed by atoms with Gasteiger partial charge in [-0.25, -0.2) is 15.3 Å². The summed E-state index contributed by atoms with van der Waals surface area (Å²) >= 11 is 1.14. The van der Waals surface area contributed by atoms with Crippen LogP contribution in [0.4, 0.5) is 15.6 Å². The average molecular weight is 653 g/mol. The standard InChI is InChI=1S/C33H44N6O6S/c1-6-24(7-2)35-32(42)36-25-10-13-28(23(18-25)19-29(40)38-43-5)45-30-20-34-33(46-30)37-31(41)22-8-11-26(12-9-22)44-27-14-16-39(17-15-27)21(3)4/h8-13,18,20-21,24,27H,6-7,14-17,19H2,1-5H3,(H,38,40)(H,34,37,41)(H2,35,36,42). The first-order valence-corrected chi connectivity index (χ1v) is 16.5. The normalized spacial score (nSPS) is 13.8. The van der Waals surface area contributed by atoms with Crippen LogP contribution < -0.4 is 30.9 Å². The van der Waals surface area contributed by atoms with Gasteiger partial charge in [0, 0.05) is 42.0 Å². The van der Waals surface area contributed by atoms with Gasteiger partial charge in [0.2, 0.25) is 11.0 Å². The Balaban J connectivity index is 1.36. The number of amides is 4. The summed E-state index contributed by atoms with van der Waals surface area (Å²) in [6.45, 7) is 10.5. The number of benzene rings is 2. The highest BCUT2D eigenvalue weighted by Gasteiger charge is 2.22. The van der Waals surface area contributed by atoms with Crippen molar-refractivity contribution in [3.63, 3.8) is 0 Å². The number of piperidine rings is 1. The second kappa shape index (κ2) is 16.9. The fourth-order valence-corrected chi connectivity index (χ4v) is 5.77. The van der Waals surface area contributed by atoms with Crippen molar-refractivity contribution in [1.82, 2.24) is 20.7 Å². The van der Waals surface area contributed by atoms with Crippen molar-refractivity contribution in [1.29, 1.82) is 0 Å². The van der Waals surface area contributed by atoms with Gasteiger partial charge in [-0.1, -0.05) is 25.2 Å². The molecule has 1 saturated heterocycles. The molecule has 0 saturated carbocycles. The van der Waals surface area contributed by atoms with Crippen LogP contribution in [0.1, 0.15) is 69.3 Å². The number of ether oxygens (including phenoxy) is 2. The Bertz CT molecular complexity index is 1450. The molecular formula is C33H44N6O6S. The quantitative estimate of drug-likeness (QED) is 0.156. The Hall–Kier alpha value is -4.20. The molecule has 1 aromatic heterocycles. The van der Waals surface area contributed by atoms with E-state index in [1.165, 1.54) is 13.3 Å². The van der Waals surface area contributed by atoms with Crippen LogP contribution in [0.3, 0.4) is 0 Å². The van der Waals surface area contributed by atoms with Crippen LogP contribution in [0, 0.1) is 0 Å². The summed E-state index contributed by atoms with van der Waals surface area (Å²) in [4.78, 5) is 49.2. The summed E-state index contributed by atoms with van der Waals surface area (Å²) < 4.78 is 12.2. The Morgan fingerprint density at radius 1 is 1.02 bits per heavy atom. The number of nitrogens with zero attached hydrogens (tertiary/aromatic N) is 2. The van der Waals surface area contributed by atoms with Gasteiger partial charge < -0.3 is 25.0 Å². The second-order valence-corrected chi connectivity index (χ2v) is 12.3. The van der Waals surface area contributed by atoms with Crippen LogP contribution in [-0.2, 0) is 16.1 Å². The minimum atomic E-state index is -0.392. The average Bonchev–Trinajstić information content (AvgIpc) is 3.48. The zero-order valence-electron chi connectivity index (χ0n) is 27.1. The molecule has 248 valence electrons. The predicted molar refractivity (Wildman–Crippen MR) is 179 cm³/mol. The molecule has 4 rings (SSSR count). The van der Waals surface area contributed by atoms with Crippen molar-refractivity contribution >= 4 is 40.0 Å². The molecule has 0 atom stereocenters. The number of urea groups is 1. The van der Waals surface area contributed by atoms with Crippen LogP contribution >= 0.6 is 11.3 Å². The molecule has 0 spiro atoms. The maximum absolute atomic E-state index is 12.9. The number of anilines is 2. The molecule has 0 aliphatic carbocycles. The van der Waals surface area contributed by atoms with Gasteiger partial charge >= 0.3 is 6.03 Å². The lowest BCUT2D eigenvalue weighted by molar-refractivity contribution is -0.130. The Morgan fingerprint density at radius 3 is 2.39 bits per heavy atom. The van der Waals surface area contributed by atoms with Gasteiger partial charge in [-0.3, -0.25) is 19.7 Å². The van der Waals surface area contributed by atoms with Gasteiger partial charge in [-0.15, -0.1) is 0 Å². The van der Waals surface area contributed by atoms with Crippen molar-refractivity contribution in [3.05, 3.63) is 59.8 Å². The molecule has 4 N–H and O–H groups in total. The summed E-state index contributed by atoms with van der Waals surface area (Å²) in [6, 6.07) is 12.4. The molecule has 12 nitrogen and oxygen atoms in total. The fraction of sp³-hybridized carbons (Fsp3) is 0.455. The van der Waals surface area contributed by atoms with Gasteiger partial charge in [0.25, 0.3) is 5.91 Å². The lowest BCUT2D eigenvalue weighted by Crippen LogP contribution is -2.41. The van der Waals surface area contributed by atoms with Crippen molar-refractivity contribution in [3.8, 4) is 16.6 Å². The van der Waals surface area contributed by atoms with Crippen LogP contribution in [0.15, 0.2) is 48.7 Å². The highest BCUT2D eigenvalue weighted by atomic mass is 32.1. The SMILES string of the molecule is CCC(CC)NC(=O)Nc1ccc(Oc2cnc(NC(=O)c3ccc(OC4CCN(C(C)C)CC4)cc3)s2)c(CC(=O)NOC)c1. The largest absolute Gasteiger partial charge is 0.490 e. The molecule has 0 bridgehead atoms. The van der Waals surface area contributed by atoms with Crippen molar-refractivity contribution < 1.29 is 28.7 Å². The van der Waals surface area contributed by atoms with E-state index in [9.17, 15) is 14.4 Å². The molecule has 0 radical (unpaired) electrons. The van der Waals surface area contributed by atoms with E-state index in [-0.39, 0.29) is 30.5 Å². The molecule has 4 amide bonds. The molecule has 13 heteroatoms. The number of hydrogen-bond acceptors (Lipinski definition) is 9. The van der Waals surface area contributed by atoms with Crippen molar-refractivity contribution in [2.45, 2.75) is 78.0 Å². The monoisotopic (exact) mass is 652 g/mol. The van der Waals surface area contributed by atoms with Crippen LogP contribution in [-0.4, -0.2) is 66.1 Å². The minimum absolute atomic E-state index is 0.0619. The first-order valence-electron chi connectivity index (χ1n) is 15.6. The van der Waals surface area contributed by atoms with Crippen LogP contribution in [0.5, 0.6) is 16.6 Å². The van der Waals surface area contributed by atoms with E-state index in [4.69, 9.17) is 14.3 Å². The molecule has 1 aliphatic rings. The topological polar surface area (TPSA) is 143 Å². The highest BCUT2D eigenvalue weighted by Crippen LogP contribution is 2.34. The number of likely N-dealkylation sites (tertiary alicyclic amines) is 1. The summed E-state index contributed by atoms with van der Waals surface area (Å²) in [7, 11) is 1.35.